The van der Waals surface area contributed by atoms with Crippen molar-refractivity contribution < 1.29 is 9.90 Å². The summed E-state index contributed by atoms with van der Waals surface area (Å²) in [6.07, 6.45) is -0.475. The average Bonchev–Trinajstić information content (AvgIpc) is 2.33. The molecule has 3 N–H and O–H groups in total. The normalized spacial score (nSPS) is 12.5. The van der Waals surface area contributed by atoms with Gasteiger partial charge in [0, 0.05) is 6.54 Å². The van der Waals surface area contributed by atoms with Crippen LogP contribution in [0.3, 0.4) is 0 Å². The first-order valence-corrected chi connectivity index (χ1v) is 6.80. The van der Waals surface area contributed by atoms with E-state index in [1.165, 1.54) is 0 Å². The van der Waals surface area contributed by atoms with Gasteiger partial charge >= 0.3 is 0 Å². The van der Waals surface area contributed by atoms with Crippen molar-refractivity contribution in [3.63, 3.8) is 0 Å². The number of rotatable bonds is 6. The van der Waals surface area contributed by atoms with E-state index in [2.05, 4.69) is 10.6 Å². The van der Waals surface area contributed by atoms with Gasteiger partial charge in [-0.2, -0.15) is 0 Å². The van der Waals surface area contributed by atoms with E-state index in [-0.39, 0.29) is 18.4 Å². The minimum Gasteiger partial charge on any atom is -0.392 e. The number of amides is 1. The van der Waals surface area contributed by atoms with Crippen LogP contribution in [0.1, 0.15) is 13.8 Å². The lowest BCUT2D eigenvalue weighted by Crippen LogP contribution is -2.35. The summed E-state index contributed by atoms with van der Waals surface area (Å²) in [4.78, 5) is 11.7. The van der Waals surface area contributed by atoms with Gasteiger partial charge in [0.25, 0.3) is 0 Å². The maximum Gasteiger partial charge on any atom is 0.238 e. The molecule has 0 heterocycles. The number of hydrogen-bond donors (Lipinski definition) is 3. The maximum absolute atomic E-state index is 11.7. The van der Waals surface area contributed by atoms with Gasteiger partial charge in [-0.3, -0.25) is 4.79 Å². The van der Waals surface area contributed by atoms with Crippen molar-refractivity contribution in [2.24, 2.45) is 5.92 Å². The van der Waals surface area contributed by atoms with Crippen LogP contribution in [-0.4, -0.2) is 30.2 Å². The summed E-state index contributed by atoms with van der Waals surface area (Å²) < 4.78 is 0. The second-order valence-corrected chi connectivity index (χ2v) is 5.40. The highest BCUT2D eigenvalue weighted by Crippen LogP contribution is 2.29. The van der Waals surface area contributed by atoms with Crippen LogP contribution in [-0.2, 0) is 4.79 Å². The molecule has 1 amide bonds. The maximum atomic E-state index is 11.7. The molecule has 0 fully saturated rings. The summed E-state index contributed by atoms with van der Waals surface area (Å²) >= 11 is 11.9. The SMILES string of the molecule is CC(C)C(O)CNCC(=O)Nc1c(Cl)cccc1Cl. The Balaban J connectivity index is 2.44. The molecule has 0 saturated carbocycles. The van der Waals surface area contributed by atoms with Crippen LogP contribution in [0.15, 0.2) is 18.2 Å². The van der Waals surface area contributed by atoms with E-state index in [1.54, 1.807) is 18.2 Å². The van der Waals surface area contributed by atoms with Gasteiger partial charge in [-0.1, -0.05) is 43.1 Å². The molecule has 0 radical (unpaired) electrons. The Bertz CT molecular complexity index is 418. The summed E-state index contributed by atoms with van der Waals surface area (Å²) in [6.45, 7) is 4.28. The topological polar surface area (TPSA) is 61.4 Å². The van der Waals surface area contributed by atoms with Gasteiger partial charge in [0.1, 0.15) is 0 Å². The smallest absolute Gasteiger partial charge is 0.238 e. The summed E-state index contributed by atoms with van der Waals surface area (Å²) in [5.74, 6) is -0.112. The van der Waals surface area contributed by atoms with Crippen molar-refractivity contribution in [2.45, 2.75) is 20.0 Å². The van der Waals surface area contributed by atoms with E-state index >= 15 is 0 Å². The Labute approximate surface area is 123 Å². The highest BCUT2D eigenvalue weighted by Gasteiger charge is 2.11. The molecule has 1 unspecified atom stereocenters. The Kier molecular flexibility index (Phi) is 6.58. The highest BCUT2D eigenvalue weighted by molar-refractivity contribution is 6.39. The number of aliphatic hydroxyl groups excluding tert-OH is 1. The van der Waals surface area contributed by atoms with E-state index in [1.807, 2.05) is 13.8 Å². The van der Waals surface area contributed by atoms with Gasteiger partial charge in [0.15, 0.2) is 0 Å². The van der Waals surface area contributed by atoms with Crippen molar-refractivity contribution in [3.8, 4) is 0 Å². The minimum absolute atomic E-state index is 0.0886. The summed E-state index contributed by atoms with van der Waals surface area (Å²) in [5, 5.41) is 15.9. The molecule has 0 saturated heterocycles. The molecule has 6 heteroatoms. The van der Waals surface area contributed by atoms with Crippen LogP contribution in [0.2, 0.25) is 10.0 Å². The van der Waals surface area contributed by atoms with Crippen molar-refractivity contribution in [3.05, 3.63) is 28.2 Å². The fourth-order valence-electron chi connectivity index (χ4n) is 1.37. The number of carbonyl (C=O) groups is 1. The van der Waals surface area contributed by atoms with E-state index < -0.39 is 6.10 Å². The number of halogens is 2. The molecule has 19 heavy (non-hydrogen) atoms. The summed E-state index contributed by atoms with van der Waals surface area (Å²) in [7, 11) is 0. The quantitative estimate of drug-likeness (QED) is 0.757. The van der Waals surface area contributed by atoms with Gasteiger partial charge in [-0.15, -0.1) is 0 Å². The second-order valence-electron chi connectivity index (χ2n) is 4.59. The largest absolute Gasteiger partial charge is 0.392 e. The number of nitrogens with one attached hydrogen (secondary N) is 2. The molecule has 1 aromatic rings. The number of aliphatic hydroxyl groups is 1. The van der Waals surface area contributed by atoms with Crippen LogP contribution in [0, 0.1) is 5.92 Å². The van der Waals surface area contributed by atoms with Crippen molar-refractivity contribution in [1.29, 1.82) is 0 Å². The Morgan fingerprint density at radius 2 is 1.89 bits per heavy atom. The first kappa shape index (κ1) is 16.2. The van der Waals surface area contributed by atoms with Crippen LogP contribution in [0.5, 0.6) is 0 Å². The summed E-state index contributed by atoms with van der Waals surface area (Å²) in [5.41, 5.74) is 0.405. The Morgan fingerprint density at radius 1 is 1.32 bits per heavy atom. The third-order valence-corrected chi connectivity index (χ3v) is 3.27. The third-order valence-electron chi connectivity index (χ3n) is 2.64. The molecule has 1 rings (SSSR count). The zero-order valence-corrected chi connectivity index (χ0v) is 12.4. The van der Waals surface area contributed by atoms with Gasteiger partial charge in [-0.05, 0) is 18.1 Å². The van der Waals surface area contributed by atoms with Crippen LogP contribution < -0.4 is 10.6 Å². The number of anilines is 1. The van der Waals surface area contributed by atoms with Crippen LogP contribution >= 0.6 is 23.2 Å². The van der Waals surface area contributed by atoms with Gasteiger partial charge in [0.05, 0.1) is 28.4 Å². The average molecular weight is 305 g/mol. The fourth-order valence-corrected chi connectivity index (χ4v) is 1.86. The first-order chi connectivity index (χ1) is 8.91. The van der Waals surface area contributed by atoms with Crippen LogP contribution in [0.4, 0.5) is 5.69 Å². The molecule has 0 bridgehead atoms. The monoisotopic (exact) mass is 304 g/mol. The van der Waals surface area contributed by atoms with Gasteiger partial charge in [0.2, 0.25) is 5.91 Å². The van der Waals surface area contributed by atoms with E-state index in [9.17, 15) is 9.90 Å². The predicted octanol–water partition coefficient (Wildman–Crippen LogP) is 2.54. The standard InChI is InChI=1S/C13H18Cl2N2O2/c1-8(2)11(18)6-16-7-12(19)17-13-9(14)4-3-5-10(13)15/h3-5,8,11,16,18H,6-7H2,1-2H3,(H,17,19). The first-order valence-electron chi connectivity index (χ1n) is 6.04. The Hall–Kier alpha value is -0.810. The minimum atomic E-state index is -0.475. The van der Waals surface area contributed by atoms with Crippen molar-refractivity contribution in [2.75, 3.05) is 18.4 Å². The number of hydrogen-bond acceptors (Lipinski definition) is 3. The number of carbonyl (C=O) groups excluding carboxylic acids is 1. The zero-order chi connectivity index (χ0) is 14.4. The molecule has 0 aliphatic carbocycles. The summed E-state index contributed by atoms with van der Waals surface area (Å²) in [6, 6.07) is 5.01. The van der Waals surface area contributed by atoms with E-state index in [0.717, 1.165) is 0 Å². The number of benzene rings is 1. The molecule has 0 aliphatic rings. The molecule has 1 aromatic carbocycles. The lowest BCUT2D eigenvalue weighted by molar-refractivity contribution is -0.115. The molecule has 0 aromatic heterocycles. The molecular weight excluding hydrogens is 287 g/mol. The molecule has 106 valence electrons. The van der Waals surface area contributed by atoms with Crippen molar-refractivity contribution >= 4 is 34.8 Å². The lowest BCUT2D eigenvalue weighted by Gasteiger charge is -2.15. The fraction of sp³-hybridized carbons (Fsp3) is 0.462. The highest BCUT2D eigenvalue weighted by atomic mass is 35.5. The van der Waals surface area contributed by atoms with E-state index in [0.29, 0.717) is 22.3 Å². The molecule has 0 aliphatic heterocycles. The van der Waals surface area contributed by atoms with Crippen LogP contribution in [0.25, 0.3) is 0 Å². The number of para-hydroxylation sites is 1. The van der Waals surface area contributed by atoms with Gasteiger partial charge < -0.3 is 15.7 Å². The molecule has 1 atom stereocenters. The molecule has 0 spiro atoms. The van der Waals surface area contributed by atoms with Crippen molar-refractivity contribution in [1.82, 2.24) is 5.32 Å². The third kappa shape index (κ3) is 5.37. The van der Waals surface area contributed by atoms with E-state index in [4.69, 9.17) is 23.2 Å². The van der Waals surface area contributed by atoms with Gasteiger partial charge in [-0.25, -0.2) is 0 Å². The molecular formula is C13H18Cl2N2O2. The lowest BCUT2D eigenvalue weighted by atomic mass is 10.1. The predicted molar refractivity (Wildman–Crippen MR) is 78.8 cm³/mol. The second kappa shape index (κ2) is 7.70. The molecule has 4 nitrogen and oxygen atoms in total. The zero-order valence-electron chi connectivity index (χ0n) is 10.9. The Morgan fingerprint density at radius 3 is 2.42 bits per heavy atom.